The van der Waals surface area contributed by atoms with Gasteiger partial charge in [0, 0.05) is 12.4 Å². The van der Waals surface area contributed by atoms with E-state index in [4.69, 9.17) is 5.26 Å². The second kappa shape index (κ2) is 4.77. The normalized spacial score (nSPS) is 10.4. The number of pyridine rings is 1. The lowest BCUT2D eigenvalue weighted by molar-refractivity contribution is -0.135. The summed E-state index contributed by atoms with van der Waals surface area (Å²) in [6.07, 6.45) is 4.60. The van der Waals surface area contributed by atoms with Crippen LogP contribution in [0.5, 0.6) is 0 Å². The molecule has 0 aromatic carbocycles. The quantitative estimate of drug-likeness (QED) is 0.397. The molecule has 70 valence electrons. The van der Waals surface area contributed by atoms with Gasteiger partial charge in [0.2, 0.25) is 0 Å². The third-order valence-corrected chi connectivity index (χ3v) is 1.52. The number of hydrogen-bond acceptors (Lipinski definition) is 4. The third-order valence-electron chi connectivity index (χ3n) is 1.52. The van der Waals surface area contributed by atoms with Crippen molar-refractivity contribution in [3.63, 3.8) is 0 Å². The first kappa shape index (κ1) is 9.93. The highest BCUT2D eigenvalue weighted by molar-refractivity contribution is 5.97. The maximum Gasteiger partial charge on any atom is 0.348 e. The first-order valence-electron chi connectivity index (χ1n) is 3.88. The Morgan fingerprint density at radius 3 is 3.00 bits per heavy atom. The SMILES string of the molecule is COC(=O)/C(C#N)=C/c1cccnc1. The smallest absolute Gasteiger partial charge is 0.348 e. The molecular formula is C10H8N2O2. The van der Waals surface area contributed by atoms with E-state index in [1.807, 2.05) is 0 Å². The topological polar surface area (TPSA) is 63.0 Å². The maximum absolute atomic E-state index is 11.0. The highest BCUT2D eigenvalue weighted by Gasteiger charge is 2.07. The van der Waals surface area contributed by atoms with Crippen LogP contribution in [0.15, 0.2) is 30.1 Å². The lowest BCUT2D eigenvalue weighted by Gasteiger charge is -1.95. The van der Waals surface area contributed by atoms with Crippen molar-refractivity contribution in [2.24, 2.45) is 0 Å². The summed E-state index contributed by atoms with van der Waals surface area (Å²) < 4.78 is 4.43. The number of carbonyl (C=O) groups is 1. The molecule has 1 rings (SSSR count). The monoisotopic (exact) mass is 188 g/mol. The summed E-state index contributed by atoms with van der Waals surface area (Å²) >= 11 is 0. The van der Waals surface area contributed by atoms with E-state index < -0.39 is 5.97 Å². The third kappa shape index (κ3) is 2.42. The van der Waals surface area contributed by atoms with Crippen LogP contribution in [0.25, 0.3) is 6.08 Å². The standard InChI is InChI=1S/C10H8N2O2/c1-14-10(13)9(6-11)5-8-3-2-4-12-7-8/h2-5,7H,1H3/b9-5+. The molecule has 0 aliphatic heterocycles. The van der Waals surface area contributed by atoms with E-state index >= 15 is 0 Å². The van der Waals surface area contributed by atoms with Crippen LogP contribution < -0.4 is 0 Å². The highest BCUT2D eigenvalue weighted by atomic mass is 16.5. The summed E-state index contributed by atoms with van der Waals surface area (Å²) in [4.78, 5) is 14.9. The van der Waals surface area contributed by atoms with E-state index in [1.165, 1.54) is 13.2 Å². The second-order valence-corrected chi connectivity index (χ2v) is 2.45. The first-order chi connectivity index (χ1) is 6.77. The van der Waals surface area contributed by atoms with E-state index in [0.717, 1.165) is 0 Å². The molecule has 0 aliphatic carbocycles. The number of ether oxygens (including phenoxy) is 1. The molecule has 0 atom stereocenters. The van der Waals surface area contributed by atoms with Crippen LogP contribution in [0.1, 0.15) is 5.56 Å². The Hall–Kier alpha value is -2.15. The van der Waals surface area contributed by atoms with Gasteiger partial charge in [0.1, 0.15) is 11.6 Å². The van der Waals surface area contributed by atoms with Crippen molar-refractivity contribution in [3.05, 3.63) is 35.7 Å². The van der Waals surface area contributed by atoms with E-state index in [0.29, 0.717) is 5.56 Å². The van der Waals surface area contributed by atoms with Crippen molar-refractivity contribution in [2.45, 2.75) is 0 Å². The van der Waals surface area contributed by atoms with Crippen molar-refractivity contribution in [3.8, 4) is 6.07 Å². The molecule has 1 aromatic rings. The Morgan fingerprint density at radius 2 is 2.50 bits per heavy atom. The summed E-state index contributed by atoms with van der Waals surface area (Å²) in [6.45, 7) is 0. The molecule has 0 saturated carbocycles. The molecule has 0 amide bonds. The van der Waals surface area contributed by atoms with Gasteiger partial charge in [-0.15, -0.1) is 0 Å². The van der Waals surface area contributed by atoms with Gasteiger partial charge in [-0.3, -0.25) is 4.98 Å². The fourth-order valence-electron chi connectivity index (χ4n) is 0.875. The Kier molecular flexibility index (Phi) is 3.39. The van der Waals surface area contributed by atoms with Gasteiger partial charge in [-0.25, -0.2) is 4.79 Å². The molecule has 1 aromatic heterocycles. The minimum atomic E-state index is -0.642. The fourth-order valence-corrected chi connectivity index (χ4v) is 0.875. The molecule has 0 bridgehead atoms. The molecule has 1 heterocycles. The average molecular weight is 188 g/mol. The zero-order valence-electron chi connectivity index (χ0n) is 7.60. The molecule has 0 N–H and O–H groups in total. The lowest BCUT2D eigenvalue weighted by atomic mass is 10.2. The molecular weight excluding hydrogens is 180 g/mol. The molecule has 4 nitrogen and oxygen atoms in total. The van der Waals surface area contributed by atoms with Crippen molar-refractivity contribution in [1.82, 2.24) is 4.98 Å². The first-order valence-corrected chi connectivity index (χ1v) is 3.88. The van der Waals surface area contributed by atoms with Crippen molar-refractivity contribution < 1.29 is 9.53 Å². The summed E-state index contributed by atoms with van der Waals surface area (Å²) in [6, 6.07) is 5.22. The van der Waals surface area contributed by atoms with Gasteiger partial charge >= 0.3 is 5.97 Å². The molecule has 0 aliphatic rings. The molecule has 0 fully saturated rings. The van der Waals surface area contributed by atoms with E-state index in [2.05, 4.69) is 9.72 Å². The minimum Gasteiger partial charge on any atom is -0.465 e. The number of hydrogen-bond donors (Lipinski definition) is 0. The van der Waals surface area contributed by atoms with Gasteiger partial charge in [0.25, 0.3) is 0 Å². The molecule has 0 radical (unpaired) electrons. The summed E-state index contributed by atoms with van der Waals surface area (Å²) in [5.41, 5.74) is 0.648. The maximum atomic E-state index is 11.0. The number of carbonyl (C=O) groups excluding carboxylic acids is 1. The van der Waals surface area contributed by atoms with Gasteiger partial charge in [0.05, 0.1) is 7.11 Å². The van der Waals surface area contributed by atoms with Gasteiger partial charge in [0.15, 0.2) is 0 Å². The van der Waals surface area contributed by atoms with Crippen LogP contribution in [-0.4, -0.2) is 18.1 Å². The van der Waals surface area contributed by atoms with Crippen molar-refractivity contribution in [2.75, 3.05) is 7.11 Å². The predicted octanol–water partition coefficient (Wildman–Crippen LogP) is 1.16. The Bertz CT molecular complexity index is 390. The second-order valence-electron chi connectivity index (χ2n) is 2.45. The summed E-state index contributed by atoms with van der Waals surface area (Å²) in [5, 5.41) is 8.65. The Labute approximate surface area is 81.5 Å². The van der Waals surface area contributed by atoms with Crippen molar-refractivity contribution >= 4 is 12.0 Å². The van der Waals surface area contributed by atoms with E-state index in [-0.39, 0.29) is 5.57 Å². The van der Waals surface area contributed by atoms with Crippen LogP contribution in [-0.2, 0) is 9.53 Å². The average Bonchev–Trinajstić information content (AvgIpc) is 2.26. The van der Waals surface area contributed by atoms with Gasteiger partial charge in [-0.05, 0) is 17.7 Å². The van der Waals surface area contributed by atoms with Crippen LogP contribution in [0.3, 0.4) is 0 Å². The van der Waals surface area contributed by atoms with Crippen molar-refractivity contribution in [1.29, 1.82) is 5.26 Å². The van der Waals surface area contributed by atoms with E-state index in [9.17, 15) is 4.79 Å². The predicted molar refractivity (Wildman–Crippen MR) is 49.8 cm³/mol. The number of aromatic nitrogens is 1. The molecule has 0 saturated heterocycles. The molecule has 0 spiro atoms. The summed E-state index contributed by atoms with van der Waals surface area (Å²) in [5.74, 6) is -0.642. The Balaban J connectivity index is 2.97. The number of esters is 1. The van der Waals surface area contributed by atoms with Gasteiger partial charge in [-0.2, -0.15) is 5.26 Å². The zero-order chi connectivity index (χ0) is 10.4. The number of nitrogens with zero attached hydrogens (tertiary/aromatic N) is 2. The van der Waals surface area contributed by atoms with Crippen LogP contribution in [0.4, 0.5) is 0 Å². The van der Waals surface area contributed by atoms with Gasteiger partial charge in [-0.1, -0.05) is 6.07 Å². The largest absolute Gasteiger partial charge is 0.465 e. The lowest BCUT2D eigenvalue weighted by Crippen LogP contribution is -2.02. The summed E-state index contributed by atoms with van der Waals surface area (Å²) in [7, 11) is 1.23. The fraction of sp³-hybridized carbons (Fsp3) is 0.100. The van der Waals surface area contributed by atoms with Crippen LogP contribution in [0.2, 0.25) is 0 Å². The minimum absolute atomic E-state index is 0.0412. The van der Waals surface area contributed by atoms with E-state index in [1.54, 1.807) is 30.6 Å². The zero-order valence-corrected chi connectivity index (χ0v) is 7.60. The molecule has 14 heavy (non-hydrogen) atoms. The number of methoxy groups -OCH3 is 1. The molecule has 0 unspecified atom stereocenters. The number of nitriles is 1. The Morgan fingerprint density at radius 1 is 1.71 bits per heavy atom. The highest BCUT2D eigenvalue weighted by Crippen LogP contribution is 2.05. The van der Waals surface area contributed by atoms with Gasteiger partial charge < -0.3 is 4.74 Å². The van der Waals surface area contributed by atoms with Crippen LogP contribution >= 0.6 is 0 Å². The van der Waals surface area contributed by atoms with Crippen LogP contribution in [0, 0.1) is 11.3 Å². The number of rotatable bonds is 2. The molecule has 4 heteroatoms.